The van der Waals surface area contributed by atoms with Crippen LogP contribution in [0.15, 0.2) is 54.2 Å². The largest absolute Gasteiger partial charge is 0.380 e. The Labute approximate surface area is 162 Å². The zero-order chi connectivity index (χ0) is 19.2. The highest BCUT2D eigenvalue weighted by atomic mass is 32.2. The minimum Gasteiger partial charge on any atom is -0.380 e. The fourth-order valence-electron chi connectivity index (χ4n) is 3.35. The van der Waals surface area contributed by atoms with Crippen molar-refractivity contribution in [1.29, 1.82) is 0 Å². The molecule has 0 aliphatic heterocycles. The summed E-state index contributed by atoms with van der Waals surface area (Å²) in [5, 5.41) is 4.55. The third-order valence-electron chi connectivity index (χ3n) is 4.66. The number of hydrogen-bond acceptors (Lipinski definition) is 5. The van der Waals surface area contributed by atoms with E-state index in [9.17, 15) is 4.21 Å². The van der Waals surface area contributed by atoms with Gasteiger partial charge in [0.25, 0.3) is 0 Å². The summed E-state index contributed by atoms with van der Waals surface area (Å²) in [6, 6.07) is 2.38. The standard InChI is InChI=1S/C20H26N4O2S/c1-4-6-11-16(5-2)27(25)24-13-12-17-19(22-15-9-7-8-10-15)18(23-26-3)14-21-20(17)24/h4-6,11-15,23H,1,7-10H2,2-3H3,(H,21,22)/b11-6-,16-5+. The van der Waals surface area contributed by atoms with Crippen molar-refractivity contribution < 1.29 is 9.05 Å². The smallest absolute Gasteiger partial charge is 0.157 e. The van der Waals surface area contributed by atoms with Crippen molar-refractivity contribution in [3.05, 3.63) is 54.2 Å². The van der Waals surface area contributed by atoms with Gasteiger partial charge in [0.2, 0.25) is 0 Å². The zero-order valence-corrected chi connectivity index (χ0v) is 16.6. The zero-order valence-electron chi connectivity index (χ0n) is 15.8. The minimum atomic E-state index is -1.39. The lowest BCUT2D eigenvalue weighted by molar-refractivity contribution is 0.271. The van der Waals surface area contributed by atoms with E-state index in [0.29, 0.717) is 16.6 Å². The summed E-state index contributed by atoms with van der Waals surface area (Å²) < 4.78 is 14.7. The van der Waals surface area contributed by atoms with Crippen molar-refractivity contribution in [2.75, 3.05) is 17.9 Å². The van der Waals surface area contributed by atoms with E-state index >= 15 is 0 Å². The molecular formula is C20H26N4O2S. The molecule has 2 N–H and O–H groups in total. The molecule has 1 atom stereocenters. The first kappa shape index (κ1) is 19.4. The number of allylic oxidation sites excluding steroid dienone is 4. The molecule has 0 saturated heterocycles. The first-order chi connectivity index (χ1) is 13.2. The number of pyridine rings is 1. The number of rotatable bonds is 8. The molecule has 6 nitrogen and oxygen atoms in total. The second-order valence-electron chi connectivity index (χ2n) is 6.39. The predicted molar refractivity (Wildman–Crippen MR) is 113 cm³/mol. The van der Waals surface area contributed by atoms with Gasteiger partial charge in [-0.25, -0.2) is 13.2 Å². The molecule has 7 heteroatoms. The lowest BCUT2D eigenvalue weighted by Crippen LogP contribution is -2.16. The van der Waals surface area contributed by atoms with Gasteiger partial charge in [0, 0.05) is 17.6 Å². The summed E-state index contributed by atoms with van der Waals surface area (Å²) in [5.41, 5.74) is 5.28. The molecule has 0 radical (unpaired) electrons. The van der Waals surface area contributed by atoms with Crippen molar-refractivity contribution in [2.45, 2.75) is 38.6 Å². The van der Waals surface area contributed by atoms with Gasteiger partial charge in [0.1, 0.15) is 5.69 Å². The SMILES string of the molecule is C=C/C=C\C(=C/C)S(=O)n1ccc2c(NC3CCCC3)c(NOC)cnc21. The molecule has 1 aliphatic carbocycles. The monoisotopic (exact) mass is 386 g/mol. The Hall–Kier alpha value is -2.38. The van der Waals surface area contributed by atoms with Crippen LogP contribution in [0.1, 0.15) is 32.6 Å². The van der Waals surface area contributed by atoms with Gasteiger partial charge in [-0.15, -0.1) is 0 Å². The molecule has 144 valence electrons. The number of fused-ring (bicyclic) bond motifs is 1. The van der Waals surface area contributed by atoms with E-state index in [1.807, 2.05) is 25.3 Å². The van der Waals surface area contributed by atoms with Gasteiger partial charge in [0.05, 0.1) is 23.9 Å². The van der Waals surface area contributed by atoms with Gasteiger partial charge in [0.15, 0.2) is 16.6 Å². The summed E-state index contributed by atoms with van der Waals surface area (Å²) in [5.74, 6) is 0. The summed E-state index contributed by atoms with van der Waals surface area (Å²) in [6.45, 7) is 5.54. The highest BCUT2D eigenvalue weighted by Crippen LogP contribution is 2.34. The van der Waals surface area contributed by atoms with Crippen molar-refractivity contribution >= 4 is 33.4 Å². The van der Waals surface area contributed by atoms with Crippen LogP contribution in [0, 0.1) is 0 Å². The van der Waals surface area contributed by atoms with Crippen LogP contribution in [0.3, 0.4) is 0 Å². The molecule has 0 amide bonds. The normalized spacial score (nSPS) is 16.9. The first-order valence-corrected chi connectivity index (χ1v) is 10.2. The minimum absolute atomic E-state index is 0.434. The third-order valence-corrected chi connectivity index (χ3v) is 6.08. The Kier molecular flexibility index (Phi) is 6.47. The van der Waals surface area contributed by atoms with Crippen molar-refractivity contribution in [3.8, 4) is 0 Å². The molecular weight excluding hydrogens is 360 g/mol. The Morgan fingerprint density at radius 2 is 2.22 bits per heavy atom. The molecule has 1 saturated carbocycles. The maximum absolute atomic E-state index is 13.0. The van der Waals surface area contributed by atoms with Crippen LogP contribution >= 0.6 is 0 Å². The van der Waals surface area contributed by atoms with Crippen molar-refractivity contribution in [3.63, 3.8) is 0 Å². The molecule has 0 aromatic carbocycles. The third kappa shape index (κ3) is 4.14. The van der Waals surface area contributed by atoms with E-state index in [0.717, 1.165) is 29.6 Å². The maximum Gasteiger partial charge on any atom is 0.157 e. The number of hydrogen-bond donors (Lipinski definition) is 2. The second-order valence-corrected chi connectivity index (χ2v) is 7.76. The quantitative estimate of drug-likeness (QED) is 0.516. The highest BCUT2D eigenvalue weighted by Gasteiger charge is 2.20. The van der Waals surface area contributed by atoms with Gasteiger partial charge >= 0.3 is 0 Å². The van der Waals surface area contributed by atoms with Gasteiger partial charge in [-0.1, -0.05) is 37.6 Å². The van der Waals surface area contributed by atoms with Gasteiger partial charge in [-0.3, -0.25) is 10.3 Å². The summed E-state index contributed by atoms with van der Waals surface area (Å²) in [6.07, 6.45) is 15.4. The molecule has 1 unspecified atom stereocenters. The van der Waals surface area contributed by atoms with Crippen LogP contribution in [0.5, 0.6) is 0 Å². The van der Waals surface area contributed by atoms with E-state index < -0.39 is 11.0 Å². The first-order valence-electron chi connectivity index (χ1n) is 9.12. The van der Waals surface area contributed by atoms with E-state index in [-0.39, 0.29) is 0 Å². The van der Waals surface area contributed by atoms with Crippen LogP contribution in [-0.2, 0) is 15.8 Å². The van der Waals surface area contributed by atoms with Gasteiger partial charge < -0.3 is 5.32 Å². The lowest BCUT2D eigenvalue weighted by Gasteiger charge is -2.18. The Bertz CT molecular complexity index is 895. The molecule has 0 bridgehead atoms. The summed E-state index contributed by atoms with van der Waals surface area (Å²) in [4.78, 5) is 10.3. The molecule has 27 heavy (non-hydrogen) atoms. The Balaban J connectivity index is 2.03. The predicted octanol–water partition coefficient (Wildman–Crippen LogP) is 4.52. The van der Waals surface area contributed by atoms with E-state index in [2.05, 4.69) is 22.4 Å². The Morgan fingerprint density at radius 3 is 2.89 bits per heavy atom. The molecule has 3 rings (SSSR count). The van der Waals surface area contributed by atoms with Gasteiger partial charge in [-0.05, 0) is 31.9 Å². The van der Waals surface area contributed by atoms with E-state index in [1.165, 1.54) is 12.8 Å². The van der Waals surface area contributed by atoms with Crippen LogP contribution in [0.2, 0.25) is 0 Å². The molecule has 1 aliphatic rings. The maximum atomic E-state index is 13.0. The fraction of sp³-hybridized carbons (Fsp3) is 0.350. The van der Waals surface area contributed by atoms with Crippen LogP contribution in [0.25, 0.3) is 11.0 Å². The molecule has 2 heterocycles. The summed E-state index contributed by atoms with van der Waals surface area (Å²) in [7, 11) is 0.190. The second kappa shape index (κ2) is 9.01. The van der Waals surface area contributed by atoms with E-state index in [4.69, 9.17) is 4.84 Å². The van der Waals surface area contributed by atoms with Crippen molar-refractivity contribution in [1.82, 2.24) is 8.96 Å². The summed E-state index contributed by atoms with van der Waals surface area (Å²) >= 11 is 0. The highest BCUT2D eigenvalue weighted by molar-refractivity contribution is 7.87. The van der Waals surface area contributed by atoms with E-state index in [1.54, 1.807) is 35.5 Å². The van der Waals surface area contributed by atoms with Crippen LogP contribution in [-0.4, -0.2) is 26.3 Å². The molecule has 2 aromatic heterocycles. The molecule has 0 spiro atoms. The molecule has 2 aromatic rings. The average molecular weight is 387 g/mol. The van der Waals surface area contributed by atoms with Crippen LogP contribution < -0.4 is 10.8 Å². The van der Waals surface area contributed by atoms with Crippen molar-refractivity contribution in [2.24, 2.45) is 0 Å². The van der Waals surface area contributed by atoms with Crippen LogP contribution in [0.4, 0.5) is 11.4 Å². The number of anilines is 2. The topological polar surface area (TPSA) is 68.2 Å². The molecule has 1 fully saturated rings. The number of nitrogens with zero attached hydrogens (tertiary/aromatic N) is 2. The number of aromatic nitrogens is 2. The average Bonchev–Trinajstić information content (AvgIpc) is 3.33. The lowest BCUT2D eigenvalue weighted by atomic mass is 10.2. The van der Waals surface area contributed by atoms with Gasteiger partial charge in [-0.2, -0.15) is 0 Å². The number of nitrogens with one attached hydrogen (secondary N) is 2. The Morgan fingerprint density at radius 1 is 1.44 bits per heavy atom. The fourth-order valence-corrected chi connectivity index (χ4v) is 4.44.